The topological polar surface area (TPSA) is 20.2 Å². The predicted molar refractivity (Wildman–Crippen MR) is 85.7 cm³/mol. The van der Waals surface area contributed by atoms with Crippen molar-refractivity contribution in [2.75, 3.05) is 5.75 Å². The third-order valence-electron chi connectivity index (χ3n) is 3.37. The van der Waals surface area contributed by atoms with E-state index in [4.69, 9.17) is 5.11 Å². The van der Waals surface area contributed by atoms with Crippen molar-refractivity contribution in [1.82, 2.24) is 0 Å². The maximum Gasteiger partial charge on any atom is 0.0681 e. The van der Waals surface area contributed by atoms with Crippen molar-refractivity contribution in [3.05, 3.63) is 29.8 Å². The van der Waals surface area contributed by atoms with Gasteiger partial charge in [0.2, 0.25) is 0 Å². The summed E-state index contributed by atoms with van der Waals surface area (Å²) in [5.41, 5.74) is 0.997. The van der Waals surface area contributed by atoms with E-state index in [1.807, 2.05) is 23.9 Å². The predicted octanol–water partition coefficient (Wildman–Crippen LogP) is 5.41. The van der Waals surface area contributed by atoms with Crippen LogP contribution in [0.25, 0.3) is 0 Å². The molecule has 1 nitrogen and oxygen atoms in total. The van der Waals surface area contributed by atoms with Crippen LogP contribution in [0, 0.1) is 0 Å². The van der Waals surface area contributed by atoms with Crippen molar-refractivity contribution in [2.45, 2.75) is 69.8 Å². The molecule has 0 spiro atoms. The van der Waals surface area contributed by atoms with Crippen molar-refractivity contribution in [3.8, 4) is 0 Å². The molecule has 0 amide bonds. The van der Waals surface area contributed by atoms with Gasteiger partial charge in [-0.3, -0.25) is 0 Å². The first-order valence-electron chi connectivity index (χ1n) is 7.69. The zero-order chi connectivity index (χ0) is 13.8. The first-order chi connectivity index (χ1) is 9.36. The molecule has 0 aliphatic carbocycles. The molecular weight excluding hydrogens is 252 g/mol. The fraction of sp³-hybridized carbons (Fsp3) is 0.647. The number of aliphatic hydroxyl groups is 1. The first-order valence-corrected chi connectivity index (χ1v) is 8.68. The summed E-state index contributed by atoms with van der Waals surface area (Å²) in [4.78, 5) is 1.32. The highest BCUT2D eigenvalue weighted by Gasteiger charge is 1.96. The average molecular weight is 280 g/mol. The van der Waals surface area contributed by atoms with Crippen LogP contribution in [0.2, 0.25) is 0 Å². The maximum absolute atomic E-state index is 8.97. The Morgan fingerprint density at radius 2 is 1.42 bits per heavy atom. The molecule has 0 atom stereocenters. The molecule has 0 bridgehead atoms. The van der Waals surface area contributed by atoms with Gasteiger partial charge in [0.25, 0.3) is 0 Å². The summed E-state index contributed by atoms with van der Waals surface area (Å²) in [6.07, 6.45) is 11.1. The molecular formula is C17H28OS. The zero-order valence-corrected chi connectivity index (χ0v) is 13.1. The lowest BCUT2D eigenvalue weighted by Gasteiger charge is -2.03. The molecule has 2 heteroatoms. The molecule has 0 unspecified atom stereocenters. The Labute approximate surface area is 122 Å². The number of hydrogen-bond acceptors (Lipinski definition) is 2. The van der Waals surface area contributed by atoms with Crippen molar-refractivity contribution in [3.63, 3.8) is 0 Å². The molecule has 0 fully saturated rings. The molecule has 1 aromatic carbocycles. The van der Waals surface area contributed by atoms with Gasteiger partial charge in [-0.2, -0.15) is 0 Å². The van der Waals surface area contributed by atoms with Crippen molar-refractivity contribution < 1.29 is 5.11 Å². The highest BCUT2D eigenvalue weighted by atomic mass is 32.2. The number of unbranched alkanes of at least 4 members (excludes halogenated alkanes) is 7. The number of rotatable bonds is 11. The van der Waals surface area contributed by atoms with Gasteiger partial charge < -0.3 is 5.11 Å². The van der Waals surface area contributed by atoms with Crippen LogP contribution in [0.3, 0.4) is 0 Å². The summed E-state index contributed by atoms with van der Waals surface area (Å²) >= 11 is 1.93. The Balaban J connectivity index is 1.95. The quantitative estimate of drug-likeness (QED) is 0.432. The summed E-state index contributed by atoms with van der Waals surface area (Å²) in [5.74, 6) is 1.22. The number of aliphatic hydroxyl groups excluding tert-OH is 1. The molecule has 1 aromatic rings. The minimum Gasteiger partial charge on any atom is -0.392 e. The first kappa shape index (κ1) is 16.6. The highest BCUT2D eigenvalue weighted by molar-refractivity contribution is 7.99. The lowest BCUT2D eigenvalue weighted by Crippen LogP contribution is -1.85. The normalized spacial score (nSPS) is 10.8. The van der Waals surface area contributed by atoms with Crippen LogP contribution in [0.15, 0.2) is 29.2 Å². The zero-order valence-electron chi connectivity index (χ0n) is 12.2. The third kappa shape index (κ3) is 8.33. The Morgan fingerprint density at radius 1 is 0.842 bits per heavy atom. The van der Waals surface area contributed by atoms with Gasteiger partial charge >= 0.3 is 0 Å². The lowest BCUT2D eigenvalue weighted by molar-refractivity contribution is 0.282. The number of benzene rings is 1. The molecule has 1 rings (SSSR count). The van der Waals surface area contributed by atoms with Gasteiger partial charge in [0.1, 0.15) is 0 Å². The number of thioether (sulfide) groups is 1. The standard InChI is InChI=1S/C17H28OS/c1-2-3-4-5-6-7-8-9-14-19-17-12-10-16(15-18)11-13-17/h10-13,18H,2-9,14-15H2,1H3. The average Bonchev–Trinajstić information content (AvgIpc) is 2.46. The van der Waals surface area contributed by atoms with Crippen LogP contribution in [0.1, 0.15) is 63.9 Å². The SMILES string of the molecule is CCCCCCCCCCSc1ccc(CO)cc1. The fourth-order valence-corrected chi connectivity index (χ4v) is 3.03. The van der Waals surface area contributed by atoms with E-state index < -0.39 is 0 Å². The summed E-state index contributed by atoms with van der Waals surface area (Å²) in [5, 5.41) is 8.97. The minimum atomic E-state index is 0.142. The van der Waals surface area contributed by atoms with Crippen molar-refractivity contribution in [2.24, 2.45) is 0 Å². The van der Waals surface area contributed by atoms with Gasteiger partial charge in [-0.1, -0.05) is 64.0 Å². The van der Waals surface area contributed by atoms with Crippen LogP contribution in [-0.4, -0.2) is 10.9 Å². The molecule has 19 heavy (non-hydrogen) atoms. The van der Waals surface area contributed by atoms with Crippen LogP contribution < -0.4 is 0 Å². The molecule has 0 heterocycles. The second-order valence-corrected chi connectivity index (χ2v) is 6.29. The van der Waals surface area contributed by atoms with Gasteiger partial charge in [0.05, 0.1) is 6.61 Å². The van der Waals surface area contributed by atoms with E-state index in [0.29, 0.717) is 0 Å². The third-order valence-corrected chi connectivity index (χ3v) is 4.47. The Morgan fingerprint density at radius 3 is 2.00 bits per heavy atom. The smallest absolute Gasteiger partial charge is 0.0681 e. The largest absolute Gasteiger partial charge is 0.392 e. The Kier molecular flexibility index (Phi) is 9.92. The minimum absolute atomic E-state index is 0.142. The summed E-state index contributed by atoms with van der Waals surface area (Å²) < 4.78 is 0. The lowest BCUT2D eigenvalue weighted by atomic mass is 10.1. The number of hydrogen-bond donors (Lipinski definition) is 1. The van der Waals surface area contributed by atoms with E-state index >= 15 is 0 Å². The van der Waals surface area contributed by atoms with E-state index in [9.17, 15) is 0 Å². The second-order valence-electron chi connectivity index (χ2n) is 5.13. The van der Waals surface area contributed by atoms with Crippen LogP contribution in [0.4, 0.5) is 0 Å². The molecule has 0 aromatic heterocycles. The van der Waals surface area contributed by atoms with Crippen LogP contribution >= 0.6 is 11.8 Å². The monoisotopic (exact) mass is 280 g/mol. The van der Waals surface area contributed by atoms with E-state index in [0.717, 1.165) is 5.56 Å². The van der Waals surface area contributed by atoms with Crippen LogP contribution in [0.5, 0.6) is 0 Å². The fourth-order valence-electron chi connectivity index (χ4n) is 2.12. The highest BCUT2D eigenvalue weighted by Crippen LogP contribution is 2.20. The molecule has 0 aliphatic rings. The van der Waals surface area contributed by atoms with Gasteiger partial charge in [-0.25, -0.2) is 0 Å². The van der Waals surface area contributed by atoms with E-state index in [1.54, 1.807) is 0 Å². The van der Waals surface area contributed by atoms with E-state index in [2.05, 4.69) is 19.1 Å². The van der Waals surface area contributed by atoms with E-state index in [1.165, 1.54) is 62.0 Å². The van der Waals surface area contributed by atoms with Crippen LogP contribution in [-0.2, 0) is 6.61 Å². The van der Waals surface area contributed by atoms with Gasteiger partial charge in [-0.05, 0) is 29.9 Å². The molecule has 0 saturated heterocycles. The molecule has 0 aliphatic heterocycles. The summed E-state index contributed by atoms with van der Waals surface area (Å²) in [6.45, 7) is 2.41. The Bertz CT molecular complexity index is 308. The van der Waals surface area contributed by atoms with Crippen molar-refractivity contribution in [1.29, 1.82) is 0 Å². The van der Waals surface area contributed by atoms with E-state index in [-0.39, 0.29) is 6.61 Å². The maximum atomic E-state index is 8.97. The van der Waals surface area contributed by atoms with Gasteiger partial charge in [0, 0.05) is 4.90 Å². The molecule has 108 valence electrons. The molecule has 0 saturated carbocycles. The van der Waals surface area contributed by atoms with Gasteiger partial charge in [-0.15, -0.1) is 11.8 Å². The summed E-state index contributed by atoms with van der Waals surface area (Å²) in [7, 11) is 0. The Hall–Kier alpha value is -0.470. The van der Waals surface area contributed by atoms with Gasteiger partial charge in [0.15, 0.2) is 0 Å². The molecule has 1 N–H and O–H groups in total. The summed E-state index contributed by atoms with van der Waals surface area (Å²) in [6, 6.07) is 8.24. The second kappa shape index (κ2) is 11.4. The molecule has 0 radical (unpaired) electrons. The van der Waals surface area contributed by atoms with Crippen molar-refractivity contribution >= 4 is 11.8 Å².